The van der Waals surface area contributed by atoms with E-state index >= 15 is 0 Å². The second-order valence-corrected chi connectivity index (χ2v) is 5.44. The summed E-state index contributed by atoms with van der Waals surface area (Å²) in [6.07, 6.45) is 4.14. The van der Waals surface area contributed by atoms with Gasteiger partial charge in [0.05, 0.1) is 6.20 Å². The molecule has 2 rings (SSSR count). The van der Waals surface area contributed by atoms with E-state index in [0.29, 0.717) is 0 Å². The molecule has 3 heteroatoms. The Morgan fingerprint density at radius 3 is 2.43 bits per heavy atom. The van der Waals surface area contributed by atoms with E-state index in [9.17, 15) is 0 Å². The zero-order chi connectivity index (χ0) is 10.6. The van der Waals surface area contributed by atoms with E-state index in [1.807, 2.05) is 17.9 Å². The number of nitrogens with zero attached hydrogens (tertiary/aromatic N) is 2. The Hall–Kier alpha value is -0.830. The minimum atomic E-state index is -0.0725. The van der Waals surface area contributed by atoms with E-state index in [0.717, 1.165) is 12.8 Å². The number of nitrogens with two attached hydrogens (primary N) is 1. The fourth-order valence-electron chi connectivity index (χ4n) is 2.10. The van der Waals surface area contributed by atoms with Gasteiger partial charge < -0.3 is 5.73 Å². The van der Waals surface area contributed by atoms with Gasteiger partial charge in [-0.1, -0.05) is 20.8 Å². The molecule has 14 heavy (non-hydrogen) atoms. The Bertz CT molecular complexity index is 353. The van der Waals surface area contributed by atoms with E-state index in [1.165, 1.54) is 11.3 Å². The Balaban J connectivity index is 2.52. The van der Waals surface area contributed by atoms with Gasteiger partial charge in [0.15, 0.2) is 0 Å². The largest absolute Gasteiger partial charge is 0.321 e. The number of hydrogen-bond donors (Lipinski definition) is 1. The molecule has 1 aliphatic carbocycles. The van der Waals surface area contributed by atoms with Crippen LogP contribution in [0.2, 0.25) is 0 Å². The quantitative estimate of drug-likeness (QED) is 0.737. The van der Waals surface area contributed by atoms with Crippen molar-refractivity contribution in [3.8, 4) is 0 Å². The van der Waals surface area contributed by atoms with Crippen molar-refractivity contribution in [2.75, 3.05) is 0 Å². The van der Waals surface area contributed by atoms with E-state index in [-0.39, 0.29) is 11.0 Å². The van der Waals surface area contributed by atoms with Crippen molar-refractivity contribution < 1.29 is 0 Å². The third kappa shape index (κ3) is 1.36. The molecule has 1 fully saturated rings. The molecule has 0 bridgehead atoms. The summed E-state index contributed by atoms with van der Waals surface area (Å²) in [5.41, 5.74) is 8.79. The Morgan fingerprint density at radius 2 is 2.00 bits per heavy atom. The van der Waals surface area contributed by atoms with Gasteiger partial charge in [-0.05, 0) is 12.8 Å². The zero-order valence-electron chi connectivity index (χ0n) is 9.46. The SMILES string of the molecule is Cn1ncc(C2(N)CC2)c1C(C)(C)C. The summed E-state index contributed by atoms with van der Waals surface area (Å²) < 4.78 is 1.96. The van der Waals surface area contributed by atoms with Crippen molar-refractivity contribution in [1.82, 2.24) is 9.78 Å². The average molecular weight is 193 g/mol. The molecule has 0 unspecified atom stereocenters. The van der Waals surface area contributed by atoms with Gasteiger partial charge >= 0.3 is 0 Å². The normalized spacial score (nSPS) is 19.8. The van der Waals surface area contributed by atoms with Crippen LogP contribution in [0.5, 0.6) is 0 Å². The van der Waals surface area contributed by atoms with Crippen LogP contribution in [0.25, 0.3) is 0 Å². The smallest absolute Gasteiger partial charge is 0.0543 e. The van der Waals surface area contributed by atoms with Crippen LogP contribution >= 0.6 is 0 Å². The summed E-state index contributed by atoms with van der Waals surface area (Å²) in [5.74, 6) is 0. The highest BCUT2D eigenvalue weighted by molar-refractivity contribution is 5.35. The molecule has 78 valence electrons. The van der Waals surface area contributed by atoms with E-state index in [1.54, 1.807) is 0 Å². The van der Waals surface area contributed by atoms with Crippen molar-refractivity contribution in [3.63, 3.8) is 0 Å². The highest BCUT2D eigenvalue weighted by Crippen LogP contribution is 2.46. The molecule has 0 radical (unpaired) electrons. The first kappa shape index (κ1) is 9.71. The van der Waals surface area contributed by atoms with Gasteiger partial charge in [0, 0.05) is 29.3 Å². The molecule has 1 saturated carbocycles. The van der Waals surface area contributed by atoms with Crippen LogP contribution in [0.3, 0.4) is 0 Å². The zero-order valence-corrected chi connectivity index (χ0v) is 9.46. The van der Waals surface area contributed by atoms with Crippen LogP contribution in [0, 0.1) is 0 Å². The standard InChI is InChI=1S/C11H19N3/c1-10(2,3)9-8(7-13-14(9)4)11(12)5-6-11/h7H,5-6,12H2,1-4H3. The molecule has 0 atom stereocenters. The fraction of sp³-hybridized carbons (Fsp3) is 0.727. The van der Waals surface area contributed by atoms with Crippen molar-refractivity contribution in [1.29, 1.82) is 0 Å². The molecule has 1 aromatic heterocycles. The molecule has 1 aliphatic rings. The van der Waals surface area contributed by atoms with Gasteiger partial charge in [-0.25, -0.2) is 0 Å². The molecule has 0 saturated heterocycles. The van der Waals surface area contributed by atoms with Gasteiger partial charge in [0.25, 0.3) is 0 Å². The van der Waals surface area contributed by atoms with Crippen molar-refractivity contribution in [2.45, 2.75) is 44.6 Å². The summed E-state index contributed by atoms with van der Waals surface area (Å²) in [7, 11) is 2.00. The lowest BCUT2D eigenvalue weighted by Gasteiger charge is -2.23. The third-order valence-corrected chi connectivity index (χ3v) is 2.97. The number of aromatic nitrogens is 2. The Kier molecular flexibility index (Phi) is 1.80. The van der Waals surface area contributed by atoms with Crippen LogP contribution in [0.1, 0.15) is 44.9 Å². The summed E-state index contributed by atoms with van der Waals surface area (Å²) in [5, 5.41) is 4.33. The molecular formula is C11H19N3. The highest BCUT2D eigenvalue weighted by atomic mass is 15.3. The van der Waals surface area contributed by atoms with E-state index in [2.05, 4.69) is 25.9 Å². The van der Waals surface area contributed by atoms with E-state index < -0.39 is 0 Å². The van der Waals surface area contributed by atoms with Crippen molar-refractivity contribution >= 4 is 0 Å². The van der Waals surface area contributed by atoms with Gasteiger partial charge in [-0.3, -0.25) is 4.68 Å². The summed E-state index contributed by atoms with van der Waals surface area (Å²) >= 11 is 0. The Labute approximate surface area is 85.3 Å². The van der Waals surface area contributed by atoms with E-state index in [4.69, 9.17) is 5.73 Å². The second-order valence-electron chi connectivity index (χ2n) is 5.44. The topological polar surface area (TPSA) is 43.8 Å². The predicted molar refractivity (Wildman–Crippen MR) is 57.0 cm³/mol. The number of rotatable bonds is 1. The lowest BCUT2D eigenvalue weighted by molar-refractivity contribution is 0.509. The van der Waals surface area contributed by atoms with Crippen LogP contribution in [-0.4, -0.2) is 9.78 Å². The first-order chi connectivity index (χ1) is 6.34. The van der Waals surface area contributed by atoms with Crippen LogP contribution < -0.4 is 5.73 Å². The number of hydrogen-bond acceptors (Lipinski definition) is 2. The lowest BCUT2D eigenvalue weighted by atomic mass is 9.86. The van der Waals surface area contributed by atoms with Crippen molar-refractivity contribution in [3.05, 3.63) is 17.5 Å². The third-order valence-electron chi connectivity index (χ3n) is 2.97. The number of aryl methyl sites for hydroxylation is 1. The second kappa shape index (κ2) is 2.60. The van der Waals surface area contributed by atoms with Crippen LogP contribution in [-0.2, 0) is 18.0 Å². The highest BCUT2D eigenvalue weighted by Gasteiger charge is 2.44. The molecule has 0 aromatic carbocycles. The predicted octanol–water partition coefficient (Wildman–Crippen LogP) is 1.67. The minimum absolute atomic E-state index is 0.0725. The summed E-state index contributed by atoms with van der Waals surface area (Å²) in [6, 6.07) is 0. The molecular weight excluding hydrogens is 174 g/mol. The molecule has 2 N–H and O–H groups in total. The molecule has 3 nitrogen and oxygen atoms in total. The first-order valence-electron chi connectivity index (χ1n) is 5.16. The molecule has 0 aliphatic heterocycles. The molecule has 0 amide bonds. The minimum Gasteiger partial charge on any atom is -0.321 e. The van der Waals surface area contributed by atoms with Gasteiger partial charge in [-0.2, -0.15) is 5.10 Å². The maximum Gasteiger partial charge on any atom is 0.0543 e. The summed E-state index contributed by atoms with van der Waals surface area (Å²) in [6.45, 7) is 6.62. The first-order valence-corrected chi connectivity index (χ1v) is 5.16. The average Bonchev–Trinajstić information content (AvgIpc) is 2.60. The monoisotopic (exact) mass is 193 g/mol. The maximum absolute atomic E-state index is 6.23. The van der Waals surface area contributed by atoms with Gasteiger partial charge in [0.1, 0.15) is 0 Å². The molecule has 1 aromatic rings. The lowest BCUT2D eigenvalue weighted by Crippen LogP contribution is -2.26. The van der Waals surface area contributed by atoms with Gasteiger partial charge in [-0.15, -0.1) is 0 Å². The molecule has 1 heterocycles. The van der Waals surface area contributed by atoms with Crippen LogP contribution in [0.15, 0.2) is 6.20 Å². The molecule has 0 spiro atoms. The summed E-state index contributed by atoms with van der Waals surface area (Å²) in [4.78, 5) is 0. The Morgan fingerprint density at radius 1 is 1.43 bits per heavy atom. The maximum atomic E-state index is 6.23. The van der Waals surface area contributed by atoms with Gasteiger partial charge in [0.2, 0.25) is 0 Å². The van der Waals surface area contributed by atoms with Crippen LogP contribution in [0.4, 0.5) is 0 Å². The van der Waals surface area contributed by atoms with Crippen molar-refractivity contribution in [2.24, 2.45) is 12.8 Å². The fourth-order valence-corrected chi connectivity index (χ4v) is 2.10.